The number of hydrogen-bond acceptors (Lipinski definition) is 3. The highest BCUT2D eigenvalue weighted by Gasteiger charge is 2.18. The zero-order chi connectivity index (χ0) is 11.5. The minimum Gasteiger partial charge on any atom is -0.586 e. The Labute approximate surface area is 108 Å². The van der Waals surface area contributed by atoms with Crippen molar-refractivity contribution in [1.29, 1.82) is 0 Å². The van der Waals surface area contributed by atoms with Gasteiger partial charge in [0.2, 0.25) is 5.91 Å². The standard InChI is InChI=1S/C11H10N2O2S.ClH/c12-11(14)7-9-6-5-8-3-1-2-4-10(8)16(15)13-9;/h1-6H,7H2,(H2,12,14);1H. The van der Waals surface area contributed by atoms with Crippen LogP contribution in [0.25, 0.3) is 6.08 Å². The molecule has 1 aromatic carbocycles. The van der Waals surface area contributed by atoms with Gasteiger partial charge < -0.3 is 10.3 Å². The molecule has 1 aromatic rings. The van der Waals surface area contributed by atoms with Gasteiger partial charge in [-0.25, -0.2) is 0 Å². The van der Waals surface area contributed by atoms with Gasteiger partial charge in [0, 0.05) is 5.56 Å². The van der Waals surface area contributed by atoms with E-state index in [9.17, 15) is 9.35 Å². The molecule has 1 aliphatic heterocycles. The van der Waals surface area contributed by atoms with Gasteiger partial charge in [0.15, 0.2) is 4.90 Å². The smallest absolute Gasteiger partial charge is 0.223 e. The number of hydrogen-bond donors (Lipinski definition) is 1. The van der Waals surface area contributed by atoms with Crippen LogP contribution in [0.15, 0.2) is 39.6 Å². The number of carbonyl (C=O) groups excluding carboxylic acids is 1. The maximum Gasteiger partial charge on any atom is 0.223 e. The zero-order valence-corrected chi connectivity index (χ0v) is 10.5. The van der Waals surface area contributed by atoms with Crippen LogP contribution in [-0.2, 0) is 16.2 Å². The second kappa shape index (κ2) is 5.86. The second-order valence-corrected chi connectivity index (χ2v) is 4.47. The predicted octanol–water partition coefficient (Wildman–Crippen LogP) is 1.47. The van der Waals surface area contributed by atoms with Gasteiger partial charge in [-0.1, -0.05) is 16.5 Å². The highest BCUT2D eigenvalue weighted by molar-refractivity contribution is 7.90. The van der Waals surface area contributed by atoms with E-state index >= 15 is 0 Å². The van der Waals surface area contributed by atoms with Gasteiger partial charge >= 0.3 is 0 Å². The van der Waals surface area contributed by atoms with Gasteiger partial charge in [0.1, 0.15) is 17.1 Å². The molecule has 1 amide bonds. The lowest BCUT2D eigenvalue weighted by molar-refractivity contribution is -0.116. The van der Waals surface area contributed by atoms with E-state index in [1.165, 1.54) is 0 Å². The van der Waals surface area contributed by atoms with E-state index in [1.807, 2.05) is 12.1 Å². The van der Waals surface area contributed by atoms with E-state index in [1.54, 1.807) is 24.3 Å². The predicted molar refractivity (Wildman–Crippen MR) is 70.4 cm³/mol. The van der Waals surface area contributed by atoms with Crippen molar-refractivity contribution < 1.29 is 9.35 Å². The lowest BCUT2D eigenvalue weighted by Crippen LogP contribution is -2.15. The average molecular weight is 271 g/mol. The third-order valence-corrected chi connectivity index (χ3v) is 3.27. The molecule has 2 rings (SSSR count). The Morgan fingerprint density at radius 1 is 1.35 bits per heavy atom. The monoisotopic (exact) mass is 270 g/mol. The number of nitrogens with two attached hydrogens (primary N) is 1. The third kappa shape index (κ3) is 3.33. The summed E-state index contributed by atoms with van der Waals surface area (Å²) < 4.78 is 15.8. The maximum atomic E-state index is 11.8. The first-order valence-corrected chi connectivity index (χ1v) is 5.82. The quantitative estimate of drug-likeness (QED) is 0.826. The van der Waals surface area contributed by atoms with E-state index < -0.39 is 17.3 Å². The zero-order valence-electron chi connectivity index (χ0n) is 8.83. The Morgan fingerprint density at radius 3 is 2.76 bits per heavy atom. The Bertz CT molecular complexity index is 488. The fraction of sp³-hybridized carbons (Fsp3) is 0.0909. The minimum absolute atomic E-state index is 0. The molecule has 4 nitrogen and oxygen atoms in total. The van der Waals surface area contributed by atoms with Crippen LogP contribution >= 0.6 is 12.4 Å². The van der Waals surface area contributed by atoms with Gasteiger partial charge in [0.05, 0.1) is 6.42 Å². The molecule has 17 heavy (non-hydrogen) atoms. The largest absolute Gasteiger partial charge is 0.586 e. The summed E-state index contributed by atoms with van der Waals surface area (Å²) in [6.45, 7) is 0. The van der Waals surface area contributed by atoms with Crippen molar-refractivity contribution in [3.8, 4) is 0 Å². The molecule has 0 saturated carbocycles. The van der Waals surface area contributed by atoms with Crippen LogP contribution in [-0.4, -0.2) is 16.2 Å². The second-order valence-electron chi connectivity index (χ2n) is 3.35. The lowest BCUT2D eigenvalue weighted by atomic mass is 10.1. The Balaban J connectivity index is 0.00000144. The maximum absolute atomic E-state index is 11.8. The Hall–Kier alpha value is -1.30. The summed E-state index contributed by atoms with van der Waals surface area (Å²) in [5, 5.41) is 0. The van der Waals surface area contributed by atoms with Crippen molar-refractivity contribution in [2.24, 2.45) is 10.1 Å². The summed E-state index contributed by atoms with van der Waals surface area (Å²) >= 11 is -1.46. The van der Waals surface area contributed by atoms with Crippen molar-refractivity contribution in [2.75, 3.05) is 0 Å². The summed E-state index contributed by atoms with van der Waals surface area (Å²) in [7, 11) is 0. The molecular weight excluding hydrogens is 260 g/mol. The van der Waals surface area contributed by atoms with E-state index in [0.29, 0.717) is 10.6 Å². The fourth-order valence-electron chi connectivity index (χ4n) is 1.42. The number of amides is 1. The number of halogens is 1. The topological polar surface area (TPSA) is 78.5 Å². The molecule has 1 atom stereocenters. The van der Waals surface area contributed by atoms with Crippen LogP contribution in [0.3, 0.4) is 0 Å². The summed E-state index contributed by atoms with van der Waals surface area (Å²) in [4.78, 5) is 11.4. The molecule has 1 heterocycles. The fourth-order valence-corrected chi connectivity index (χ4v) is 2.39. The molecule has 90 valence electrons. The van der Waals surface area contributed by atoms with Gasteiger partial charge in [-0.3, -0.25) is 4.79 Å². The molecule has 0 fully saturated rings. The summed E-state index contributed by atoms with van der Waals surface area (Å²) in [6, 6.07) is 7.28. The van der Waals surface area contributed by atoms with Gasteiger partial charge in [-0.15, -0.1) is 12.4 Å². The number of rotatable bonds is 2. The number of nitrogens with zero attached hydrogens (tertiary/aromatic N) is 1. The van der Waals surface area contributed by atoms with Crippen LogP contribution in [0.1, 0.15) is 12.0 Å². The van der Waals surface area contributed by atoms with Crippen molar-refractivity contribution in [3.05, 3.63) is 35.9 Å². The summed E-state index contributed by atoms with van der Waals surface area (Å²) in [5.74, 6) is -0.480. The van der Waals surface area contributed by atoms with Gasteiger partial charge in [-0.05, 0) is 24.3 Å². The normalized spacial score (nSPS) is 17.5. The molecule has 1 aliphatic rings. The van der Waals surface area contributed by atoms with E-state index in [2.05, 4.69) is 4.40 Å². The number of benzene rings is 1. The molecule has 0 radical (unpaired) electrons. The van der Waals surface area contributed by atoms with Crippen LogP contribution in [0, 0.1) is 0 Å². The Kier molecular flexibility index (Phi) is 4.74. The first-order valence-electron chi connectivity index (χ1n) is 4.71. The van der Waals surface area contributed by atoms with Crippen molar-refractivity contribution in [1.82, 2.24) is 0 Å². The highest BCUT2D eigenvalue weighted by Crippen LogP contribution is 2.22. The SMILES string of the molecule is Cl.NC(=O)CC1=N[S+]([O-])c2ccccc2C=C1. The first kappa shape index (κ1) is 13.8. The molecule has 6 heteroatoms. The third-order valence-electron chi connectivity index (χ3n) is 2.12. The van der Waals surface area contributed by atoms with Gasteiger partial charge in [-0.2, -0.15) is 0 Å². The minimum atomic E-state index is -1.46. The van der Waals surface area contributed by atoms with Crippen LogP contribution < -0.4 is 5.73 Å². The van der Waals surface area contributed by atoms with Crippen molar-refractivity contribution >= 4 is 41.5 Å². The first-order chi connectivity index (χ1) is 7.66. The lowest BCUT2D eigenvalue weighted by Gasteiger charge is -2.04. The Morgan fingerprint density at radius 2 is 2.06 bits per heavy atom. The van der Waals surface area contributed by atoms with Crippen LogP contribution in [0.5, 0.6) is 0 Å². The molecule has 0 aromatic heterocycles. The number of carbonyl (C=O) groups is 1. The average Bonchev–Trinajstić information content (AvgIpc) is 2.39. The van der Waals surface area contributed by atoms with Crippen molar-refractivity contribution in [3.63, 3.8) is 0 Å². The van der Waals surface area contributed by atoms with Crippen LogP contribution in [0.2, 0.25) is 0 Å². The molecule has 0 aliphatic carbocycles. The number of fused-ring (bicyclic) bond motifs is 1. The molecular formula is C11H11ClN2O2S. The molecule has 2 N–H and O–H groups in total. The summed E-state index contributed by atoms with van der Waals surface area (Å²) in [6.07, 6.45) is 3.48. The number of allylic oxidation sites excluding steroid dienone is 1. The molecule has 0 spiro atoms. The van der Waals surface area contributed by atoms with E-state index in [0.717, 1.165) is 5.56 Å². The molecule has 1 unspecified atom stereocenters. The van der Waals surface area contributed by atoms with Gasteiger partial charge in [0.25, 0.3) is 0 Å². The highest BCUT2D eigenvalue weighted by atomic mass is 35.5. The summed E-state index contributed by atoms with van der Waals surface area (Å²) in [5.41, 5.74) is 6.37. The van der Waals surface area contributed by atoms with Crippen LogP contribution in [0.4, 0.5) is 0 Å². The molecule has 0 saturated heterocycles. The number of primary amides is 1. The van der Waals surface area contributed by atoms with Crippen molar-refractivity contribution in [2.45, 2.75) is 11.3 Å². The van der Waals surface area contributed by atoms with E-state index in [4.69, 9.17) is 5.73 Å². The van der Waals surface area contributed by atoms with E-state index in [-0.39, 0.29) is 18.8 Å². The molecule has 0 bridgehead atoms.